The Morgan fingerprint density at radius 2 is 0.500 bits per heavy atom. The molecule has 2 heterocycles. The van der Waals surface area contributed by atoms with Crippen LogP contribution < -0.4 is 5.32 Å². The van der Waals surface area contributed by atoms with E-state index in [1.165, 1.54) is 313 Å². The lowest BCUT2D eigenvalue weighted by Gasteiger charge is -2.52. The molecule has 2 spiro atoms. The summed E-state index contributed by atoms with van der Waals surface area (Å²) >= 11 is 0. The minimum absolute atomic E-state index is 0.490. The van der Waals surface area contributed by atoms with Crippen LogP contribution in [-0.4, -0.2) is 33.7 Å². The van der Waals surface area contributed by atoms with E-state index in [1.807, 2.05) is 0 Å². The highest BCUT2D eigenvalue weighted by Gasteiger charge is 2.79. The largest absolute Gasteiger partial charge is 0.480 e. The van der Waals surface area contributed by atoms with Gasteiger partial charge in [-0.3, -0.25) is 14.9 Å². The maximum atomic E-state index is 15.9. The van der Waals surface area contributed by atoms with E-state index in [-0.39, 0.29) is 0 Å². The Morgan fingerprint density at radius 1 is 0.306 bits per heavy atom. The van der Waals surface area contributed by atoms with Gasteiger partial charge in [0.05, 0.1) is 10.8 Å². The number of nitrogens with one attached hydrogen (secondary N) is 1. The van der Waals surface area contributed by atoms with E-state index >= 15 is 9.59 Å². The van der Waals surface area contributed by atoms with E-state index in [0.717, 1.165) is 0 Å². The molecule has 27 aromatic rings. The third-order valence-corrected chi connectivity index (χ3v) is 26.2. The van der Waals surface area contributed by atoms with Gasteiger partial charge in [-0.15, -0.1) is 0 Å². The molecule has 0 aromatic heterocycles. The first-order valence-electron chi connectivity index (χ1n) is 26.4. The average Bonchev–Trinajstić information content (AvgIpc) is 4.37. The van der Waals surface area contributed by atoms with Gasteiger partial charge in [0.1, 0.15) is 11.6 Å². The first-order chi connectivity index (χ1) is 35.4. The van der Waals surface area contributed by atoms with Crippen LogP contribution >= 0.6 is 0 Å². The number of carbonyl (C=O) groups is 2. The zero-order chi connectivity index (χ0) is 44.0. The molecule has 0 saturated heterocycles. The van der Waals surface area contributed by atoms with Gasteiger partial charge in [0.15, 0.2) is 0 Å². The number of hydrogen-bond donors (Lipinski definition) is 3. The Bertz CT molecular complexity index is 7480. The van der Waals surface area contributed by atoms with Gasteiger partial charge in [0.2, 0.25) is 0 Å². The van der Waals surface area contributed by atoms with Crippen LogP contribution in [-0.2, 0) is 20.4 Å². The van der Waals surface area contributed by atoms with Gasteiger partial charge in [-0.2, -0.15) is 0 Å². The van der Waals surface area contributed by atoms with Crippen molar-refractivity contribution in [2.75, 3.05) is 0 Å². The SMILES string of the molecule is CC(C)C1(C(=O)O)NC(C(=O)O)C23c4c5c6c7c8c9c%10c%11c(c2c2c%12c3c3c%13c4c6c4c6c%13c%13c3c3c%12c%12c%14c2c%11c2c%11c%10c%10c8c8c7c4c4c6c6c%13c7c3c%12c3c(c%142)c2c%11c%10c%10c8c4c4c%10c2c3c7c64)C591. The van der Waals surface area contributed by atoms with Gasteiger partial charge in [0.25, 0.3) is 0 Å². The highest BCUT2D eigenvalue weighted by molar-refractivity contribution is 6.81. The van der Waals surface area contributed by atoms with Crippen molar-refractivity contribution in [2.45, 2.75) is 36.3 Å². The molecule has 34 rings (SSSR count). The number of hydrogen-bond acceptors (Lipinski definition) is 3. The van der Waals surface area contributed by atoms with Gasteiger partial charge in [-0.1, -0.05) is 13.8 Å². The molecule has 2 bridgehead atoms. The summed E-state index contributed by atoms with van der Waals surface area (Å²) in [5.74, 6) is -2.36. The second kappa shape index (κ2) is 6.09. The van der Waals surface area contributed by atoms with E-state index in [2.05, 4.69) is 19.2 Å². The molecule has 3 N–H and O–H groups in total. The van der Waals surface area contributed by atoms with Crippen molar-refractivity contribution in [3.8, 4) is 0 Å². The first kappa shape index (κ1) is 27.7. The van der Waals surface area contributed by atoms with Crippen LogP contribution in [0.15, 0.2) is 0 Å². The number of benzene rings is 17. The summed E-state index contributed by atoms with van der Waals surface area (Å²) in [7, 11) is 0. The van der Waals surface area contributed by atoms with Crippen molar-refractivity contribution in [2.24, 2.45) is 5.92 Å². The van der Waals surface area contributed by atoms with Gasteiger partial charge in [-0.05, 0) is 319 Å². The van der Waals surface area contributed by atoms with E-state index in [9.17, 15) is 10.2 Å². The molecule has 2 aliphatic heterocycles. The van der Waals surface area contributed by atoms with Crippen molar-refractivity contribution >= 4 is 292 Å². The molecule has 4 unspecified atom stereocenters. The highest BCUT2D eigenvalue weighted by Crippen LogP contribution is 2.86. The summed E-state index contributed by atoms with van der Waals surface area (Å²) in [6, 6.07) is -1.24. The number of fused-ring (bicyclic) bond motifs is 2. The zero-order valence-electron chi connectivity index (χ0n) is 36.9. The number of aliphatic carboxylic acids is 2. The number of rotatable bonds is 3. The van der Waals surface area contributed by atoms with Crippen LogP contribution in [0, 0.1) is 5.92 Å². The highest BCUT2D eigenvalue weighted by atomic mass is 16.4. The summed E-state index contributed by atoms with van der Waals surface area (Å²) in [5, 5.41) is 104. The lowest BCUT2D eigenvalue weighted by molar-refractivity contribution is -0.151. The molecular formula is C67H11NO4. The van der Waals surface area contributed by atoms with Crippen molar-refractivity contribution in [3.63, 3.8) is 0 Å². The fourth-order valence-corrected chi connectivity index (χ4v) is 26.1. The number of carboxylic acid groups (broad SMARTS) is 2. The zero-order valence-corrected chi connectivity index (χ0v) is 36.9. The molecule has 5 aliphatic carbocycles. The second-order valence-electron chi connectivity index (χ2n) is 26.5. The lowest BCUT2D eigenvalue weighted by Crippen LogP contribution is -2.71. The molecule has 7 aliphatic rings. The van der Waals surface area contributed by atoms with Crippen LogP contribution in [0.4, 0.5) is 0 Å². The number of carboxylic acids is 2. The van der Waals surface area contributed by atoms with Crippen LogP contribution in [0.5, 0.6) is 0 Å². The Kier molecular flexibility index (Phi) is 2.34. The van der Waals surface area contributed by atoms with Crippen LogP contribution in [0.2, 0.25) is 0 Å². The van der Waals surface area contributed by atoms with Crippen LogP contribution in [0.3, 0.4) is 0 Å². The van der Waals surface area contributed by atoms with Crippen molar-refractivity contribution in [3.05, 3.63) is 33.4 Å². The molecule has 27 aromatic carbocycles. The van der Waals surface area contributed by atoms with Gasteiger partial charge >= 0.3 is 11.9 Å². The van der Waals surface area contributed by atoms with Gasteiger partial charge in [0, 0.05) is 0 Å². The van der Waals surface area contributed by atoms with E-state index in [1.54, 1.807) is 0 Å². The maximum absolute atomic E-state index is 15.9. The topological polar surface area (TPSA) is 86.6 Å². The first-order valence-corrected chi connectivity index (χ1v) is 26.4. The molecule has 5 nitrogen and oxygen atoms in total. The Balaban J connectivity index is 1.21. The molecule has 72 heavy (non-hydrogen) atoms. The Morgan fingerprint density at radius 3 is 0.778 bits per heavy atom. The minimum atomic E-state index is -1.72. The third kappa shape index (κ3) is 1.40. The summed E-state index contributed by atoms with van der Waals surface area (Å²) in [6.45, 7) is 4.21. The predicted octanol–water partition coefficient (Wildman–Crippen LogP) is 15.5. The lowest BCUT2D eigenvalue weighted by atomic mass is 9.48. The van der Waals surface area contributed by atoms with Crippen molar-refractivity contribution in [1.29, 1.82) is 0 Å². The van der Waals surface area contributed by atoms with Gasteiger partial charge < -0.3 is 10.2 Å². The Hall–Kier alpha value is -8.64. The summed E-state index contributed by atoms with van der Waals surface area (Å²) < 4.78 is 0. The molecule has 0 radical (unpaired) electrons. The van der Waals surface area contributed by atoms with Crippen LogP contribution in [0.1, 0.15) is 47.2 Å². The molecule has 0 fully saturated rings. The standard InChI is InChI=1S/C67H11NO4/c1-3(2)67(64(71)72)66-57-49-40-33-20-13-7-6-8-4-5-9(7)18(20)24-22-11(5)14-10(4)21-23-17(8)19-12(6)15-16(13)27-34-26(15)35-32(19)39-37(23)41-28(21)30-25(14)31-29(22)42(38(24)40)53(57)55-44(31)43(30)54-52(41)56-48(39)45(35)50-47(34)51(46(49)36(27)33)60(66)58(50)65(56,59(54)61(55)66)62(68-67)63(69)70/h3,62,68H,1-2H3,(H,69,70)(H,71,72). The molecular weight excluding hydrogens is 883 g/mol. The smallest absolute Gasteiger partial charge is 0.325 e. The molecule has 5 heteroatoms. The fraction of sp³-hybridized carbons (Fsp3) is 0.104. The van der Waals surface area contributed by atoms with Gasteiger partial charge in [-0.25, -0.2) is 0 Å². The third-order valence-electron chi connectivity index (χ3n) is 26.2. The fourth-order valence-electron chi connectivity index (χ4n) is 26.1. The molecule has 308 valence electrons. The molecule has 4 atom stereocenters. The Labute approximate surface area is 390 Å². The summed E-state index contributed by atoms with van der Waals surface area (Å²) in [6.07, 6.45) is 0. The van der Waals surface area contributed by atoms with Crippen molar-refractivity contribution < 1.29 is 19.8 Å². The molecule has 0 saturated carbocycles. The quantitative estimate of drug-likeness (QED) is 0.154. The normalized spacial score (nSPS) is 25.4. The van der Waals surface area contributed by atoms with Crippen molar-refractivity contribution in [1.82, 2.24) is 5.32 Å². The predicted molar refractivity (Wildman–Crippen MR) is 292 cm³/mol. The second-order valence-corrected chi connectivity index (χ2v) is 26.5. The van der Waals surface area contributed by atoms with E-state index < -0.39 is 40.3 Å². The van der Waals surface area contributed by atoms with E-state index in [4.69, 9.17) is 0 Å². The van der Waals surface area contributed by atoms with Crippen LogP contribution in [0.25, 0.3) is 280 Å². The maximum Gasteiger partial charge on any atom is 0.325 e. The average molecular weight is 894 g/mol. The summed E-state index contributed by atoms with van der Waals surface area (Å²) in [4.78, 5) is 31.4. The molecule has 0 amide bonds. The minimum Gasteiger partial charge on any atom is -0.480 e. The van der Waals surface area contributed by atoms with E-state index in [0.29, 0.717) is 0 Å². The monoisotopic (exact) mass is 893 g/mol. The summed E-state index contributed by atoms with van der Waals surface area (Å²) in [5.41, 5.74) is 2.97.